The summed E-state index contributed by atoms with van der Waals surface area (Å²) in [6.07, 6.45) is 3.55. The highest BCUT2D eigenvalue weighted by molar-refractivity contribution is 7.85. The lowest BCUT2D eigenvalue weighted by Crippen LogP contribution is -2.10. The summed E-state index contributed by atoms with van der Waals surface area (Å²) in [5.41, 5.74) is 6.12. The smallest absolute Gasteiger partial charge is 0.261 e. The molecule has 0 radical (unpaired) electrons. The number of nitrogens with two attached hydrogens (primary N) is 1. The Balaban J connectivity index is 0.000000861. The summed E-state index contributed by atoms with van der Waals surface area (Å²) in [5.74, 6) is 2.82. The monoisotopic (exact) mass is 454 g/mol. The van der Waals surface area contributed by atoms with Gasteiger partial charge in [-0.3, -0.25) is 9.96 Å². The molecule has 10 heteroatoms. The van der Waals surface area contributed by atoms with Crippen LogP contribution in [0.15, 0.2) is 42.5 Å². The van der Waals surface area contributed by atoms with E-state index in [1.54, 1.807) is 26.4 Å². The van der Waals surface area contributed by atoms with E-state index in [0.29, 0.717) is 42.3 Å². The number of nitrogen functional groups attached to an aromatic ring is 1. The molecule has 0 aromatic heterocycles. The Labute approximate surface area is 183 Å². The summed E-state index contributed by atoms with van der Waals surface area (Å²) in [6, 6.07) is 12.8. The van der Waals surface area contributed by atoms with Gasteiger partial charge in [-0.2, -0.15) is 8.42 Å². The molecule has 2 aromatic carbocycles. The average Bonchev–Trinajstić information content (AvgIpc) is 2.72. The highest BCUT2D eigenvalue weighted by atomic mass is 32.2. The average molecular weight is 455 g/mol. The molecule has 2 rings (SSSR count). The van der Waals surface area contributed by atoms with Crippen LogP contribution in [0.1, 0.15) is 24.8 Å². The van der Waals surface area contributed by atoms with Crippen LogP contribution in [0.3, 0.4) is 0 Å². The Bertz CT molecular complexity index is 886. The first-order valence-corrected chi connectivity index (χ1v) is 11.3. The maximum absolute atomic E-state index is 9.19. The van der Waals surface area contributed by atoms with Crippen molar-refractivity contribution < 1.29 is 31.9 Å². The fraction of sp³-hybridized carbons (Fsp3) is 0.381. The molecule has 0 amide bonds. The van der Waals surface area contributed by atoms with E-state index in [1.807, 2.05) is 30.3 Å². The first kappa shape index (κ1) is 26.1. The number of methoxy groups -OCH3 is 2. The fourth-order valence-corrected chi connectivity index (χ4v) is 2.44. The molecule has 31 heavy (non-hydrogen) atoms. The molecule has 0 saturated carbocycles. The molecule has 172 valence electrons. The standard InChI is InChI=1S/C20H26N2O4.CH4O3S/c1-23-17-7-6-8-18(24-2)19(17)26-14-5-3-4-13-25-16-11-9-15(10-12-16)20(21)22;1-5(2,3)4/h6-12H,3-5,13-14H2,1-2H3,(H3,21,22);1H3,(H,2,3,4). The molecular formula is C21H30N2O7S. The zero-order valence-electron chi connectivity index (χ0n) is 18.0. The summed E-state index contributed by atoms with van der Waals surface area (Å²) in [6.45, 7) is 1.22. The van der Waals surface area contributed by atoms with Crippen molar-refractivity contribution in [1.82, 2.24) is 0 Å². The predicted molar refractivity (Wildman–Crippen MR) is 119 cm³/mol. The third kappa shape index (κ3) is 11.1. The lowest BCUT2D eigenvalue weighted by Gasteiger charge is -2.14. The number of unbranched alkanes of at least 4 members (excludes halogenated alkanes) is 2. The lowest BCUT2D eigenvalue weighted by molar-refractivity contribution is 0.258. The number of nitrogens with one attached hydrogen (secondary N) is 1. The van der Waals surface area contributed by atoms with Crippen LogP contribution >= 0.6 is 0 Å². The molecule has 0 aliphatic carbocycles. The maximum atomic E-state index is 9.19. The molecule has 0 spiro atoms. The van der Waals surface area contributed by atoms with Gasteiger partial charge in [-0.15, -0.1) is 0 Å². The maximum Gasteiger partial charge on any atom is 0.261 e. The van der Waals surface area contributed by atoms with Crippen LogP contribution in [0.5, 0.6) is 23.0 Å². The third-order valence-corrected chi connectivity index (χ3v) is 3.85. The van der Waals surface area contributed by atoms with E-state index in [0.717, 1.165) is 25.0 Å². The topological polar surface area (TPSA) is 141 Å². The zero-order valence-corrected chi connectivity index (χ0v) is 18.8. The Kier molecular flexibility index (Phi) is 11.2. The van der Waals surface area contributed by atoms with Crippen LogP contribution in [0.4, 0.5) is 0 Å². The number of benzene rings is 2. The van der Waals surface area contributed by atoms with Crippen molar-refractivity contribution in [3.63, 3.8) is 0 Å². The van der Waals surface area contributed by atoms with Crippen molar-refractivity contribution in [2.45, 2.75) is 19.3 Å². The molecule has 0 fully saturated rings. The molecule has 0 atom stereocenters. The summed E-state index contributed by atoms with van der Waals surface area (Å²) < 4.78 is 48.0. The molecule has 0 aliphatic heterocycles. The normalized spacial score (nSPS) is 10.5. The van der Waals surface area contributed by atoms with Gasteiger partial charge in [0.05, 0.1) is 33.7 Å². The van der Waals surface area contributed by atoms with E-state index in [-0.39, 0.29) is 5.84 Å². The van der Waals surface area contributed by atoms with Gasteiger partial charge in [-0.05, 0) is 55.7 Å². The Hall–Kier alpha value is -2.98. The third-order valence-electron chi connectivity index (χ3n) is 3.85. The minimum absolute atomic E-state index is 0.0585. The molecule has 0 heterocycles. The first-order valence-electron chi connectivity index (χ1n) is 9.49. The van der Waals surface area contributed by atoms with E-state index < -0.39 is 10.1 Å². The highest BCUT2D eigenvalue weighted by Crippen LogP contribution is 2.36. The summed E-state index contributed by atoms with van der Waals surface area (Å²) >= 11 is 0. The van der Waals surface area contributed by atoms with Gasteiger partial charge < -0.3 is 24.7 Å². The van der Waals surface area contributed by atoms with Gasteiger partial charge in [-0.1, -0.05) is 6.07 Å². The van der Waals surface area contributed by atoms with Crippen LogP contribution in [-0.2, 0) is 10.1 Å². The zero-order chi connectivity index (χ0) is 23.3. The van der Waals surface area contributed by atoms with Gasteiger partial charge in [0.2, 0.25) is 5.75 Å². The molecule has 0 saturated heterocycles. The second-order valence-corrected chi connectivity index (χ2v) is 7.89. The van der Waals surface area contributed by atoms with Crippen molar-refractivity contribution in [1.29, 1.82) is 5.41 Å². The van der Waals surface area contributed by atoms with E-state index in [2.05, 4.69) is 0 Å². The molecule has 2 aromatic rings. The fourth-order valence-electron chi connectivity index (χ4n) is 2.44. The number of rotatable bonds is 11. The SMILES string of the molecule is COc1cccc(OC)c1OCCCCCOc1ccc(C(=N)N)cc1.CS(=O)(=O)O. The second kappa shape index (κ2) is 13.3. The molecule has 0 bridgehead atoms. The van der Waals surface area contributed by atoms with Crippen molar-refractivity contribution in [3.05, 3.63) is 48.0 Å². The number of hydrogen-bond acceptors (Lipinski definition) is 7. The molecular weight excluding hydrogens is 424 g/mol. The van der Waals surface area contributed by atoms with Crippen LogP contribution < -0.4 is 24.7 Å². The van der Waals surface area contributed by atoms with Crippen LogP contribution in [0, 0.1) is 5.41 Å². The van der Waals surface area contributed by atoms with Gasteiger partial charge in [0.1, 0.15) is 11.6 Å². The lowest BCUT2D eigenvalue weighted by atomic mass is 10.2. The quantitative estimate of drug-likeness (QED) is 0.203. The minimum atomic E-state index is -3.67. The van der Waals surface area contributed by atoms with Gasteiger partial charge in [0, 0.05) is 5.56 Å². The summed E-state index contributed by atoms with van der Waals surface area (Å²) in [5, 5.41) is 7.36. The largest absolute Gasteiger partial charge is 0.494 e. The van der Waals surface area contributed by atoms with Crippen molar-refractivity contribution in [2.75, 3.05) is 33.7 Å². The van der Waals surface area contributed by atoms with Crippen LogP contribution in [0.2, 0.25) is 0 Å². The summed E-state index contributed by atoms with van der Waals surface area (Å²) in [7, 11) is -0.441. The van der Waals surface area contributed by atoms with Crippen molar-refractivity contribution in [2.24, 2.45) is 5.73 Å². The van der Waals surface area contributed by atoms with E-state index >= 15 is 0 Å². The Morgan fingerprint density at radius 3 is 1.87 bits per heavy atom. The molecule has 9 nitrogen and oxygen atoms in total. The molecule has 0 unspecified atom stereocenters. The van der Waals surface area contributed by atoms with E-state index in [4.69, 9.17) is 34.6 Å². The van der Waals surface area contributed by atoms with E-state index in [1.165, 1.54) is 0 Å². The second-order valence-electron chi connectivity index (χ2n) is 6.42. The molecule has 4 N–H and O–H groups in total. The van der Waals surface area contributed by atoms with Crippen molar-refractivity contribution >= 4 is 16.0 Å². The molecule has 0 aliphatic rings. The van der Waals surface area contributed by atoms with Gasteiger partial charge in [0.15, 0.2) is 11.5 Å². The van der Waals surface area contributed by atoms with Gasteiger partial charge in [0.25, 0.3) is 10.1 Å². The van der Waals surface area contributed by atoms with Crippen LogP contribution in [-0.4, -0.2) is 52.5 Å². The predicted octanol–water partition coefficient (Wildman–Crippen LogP) is 3.12. The van der Waals surface area contributed by atoms with Gasteiger partial charge >= 0.3 is 0 Å². The Morgan fingerprint density at radius 2 is 1.42 bits per heavy atom. The number of amidine groups is 1. The van der Waals surface area contributed by atoms with Crippen molar-refractivity contribution in [3.8, 4) is 23.0 Å². The minimum Gasteiger partial charge on any atom is -0.494 e. The summed E-state index contributed by atoms with van der Waals surface area (Å²) in [4.78, 5) is 0. The Morgan fingerprint density at radius 1 is 0.935 bits per heavy atom. The van der Waals surface area contributed by atoms with Gasteiger partial charge in [-0.25, -0.2) is 0 Å². The number of ether oxygens (including phenoxy) is 4. The first-order chi connectivity index (χ1) is 14.7. The van der Waals surface area contributed by atoms with E-state index in [9.17, 15) is 8.42 Å². The number of hydrogen-bond donors (Lipinski definition) is 3. The van der Waals surface area contributed by atoms with Crippen LogP contribution in [0.25, 0.3) is 0 Å². The number of para-hydroxylation sites is 1. The highest BCUT2D eigenvalue weighted by Gasteiger charge is 2.10.